The van der Waals surface area contributed by atoms with E-state index < -0.39 is 6.03 Å². The number of fused-ring (bicyclic) bond motifs is 3. The van der Waals surface area contributed by atoms with Gasteiger partial charge in [0, 0.05) is 12.6 Å². The van der Waals surface area contributed by atoms with E-state index in [1.54, 1.807) is 12.4 Å². The zero-order chi connectivity index (χ0) is 13.6. The van der Waals surface area contributed by atoms with Gasteiger partial charge in [0.05, 0.1) is 12.6 Å². The lowest BCUT2D eigenvalue weighted by Crippen LogP contribution is -2.58. The SMILES string of the molecule is CN1CC(=O)CC2=CN(C(N)=O)C3NC=CC=C3C21. The molecule has 6 nitrogen and oxygen atoms in total. The third-order valence-corrected chi connectivity index (χ3v) is 3.73. The van der Waals surface area contributed by atoms with Crippen LogP contribution < -0.4 is 11.1 Å². The third-order valence-electron chi connectivity index (χ3n) is 3.73. The quantitative estimate of drug-likeness (QED) is 0.638. The van der Waals surface area contributed by atoms with Crippen molar-refractivity contribution in [3.63, 3.8) is 0 Å². The van der Waals surface area contributed by atoms with E-state index in [0.717, 1.165) is 11.1 Å². The number of rotatable bonds is 0. The van der Waals surface area contributed by atoms with Crippen LogP contribution in [0.1, 0.15) is 6.42 Å². The first-order valence-corrected chi connectivity index (χ1v) is 6.21. The molecule has 3 aliphatic rings. The molecule has 19 heavy (non-hydrogen) atoms. The van der Waals surface area contributed by atoms with Gasteiger partial charge in [-0.3, -0.25) is 14.6 Å². The first kappa shape index (κ1) is 12.0. The fourth-order valence-corrected chi connectivity index (χ4v) is 3.04. The minimum Gasteiger partial charge on any atom is -0.367 e. The van der Waals surface area contributed by atoms with Crippen molar-refractivity contribution in [2.45, 2.75) is 18.6 Å². The lowest BCUT2D eigenvalue weighted by Gasteiger charge is -2.45. The predicted molar refractivity (Wildman–Crippen MR) is 69.7 cm³/mol. The average molecular weight is 260 g/mol. The van der Waals surface area contributed by atoms with Gasteiger partial charge in [-0.15, -0.1) is 0 Å². The number of likely N-dealkylation sites (N-methyl/N-ethyl adjacent to an activating group) is 1. The third kappa shape index (κ3) is 1.84. The molecule has 0 radical (unpaired) electrons. The van der Waals surface area contributed by atoms with Crippen molar-refractivity contribution in [2.24, 2.45) is 5.73 Å². The summed E-state index contributed by atoms with van der Waals surface area (Å²) in [6.07, 6.45) is 7.52. The number of allylic oxidation sites excluding steroid dienone is 2. The molecule has 0 bridgehead atoms. The summed E-state index contributed by atoms with van der Waals surface area (Å²) in [6.45, 7) is 0.437. The van der Waals surface area contributed by atoms with Crippen LogP contribution in [0.5, 0.6) is 0 Å². The summed E-state index contributed by atoms with van der Waals surface area (Å²) in [6, 6.07) is -0.457. The van der Waals surface area contributed by atoms with Crippen molar-refractivity contribution in [1.82, 2.24) is 15.1 Å². The second kappa shape index (κ2) is 4.24. The Morgan fingerprint density at radius 1 is 1.53 bits per heavy atom. The molecule has 0 aromatic rings. The number of nitrogens with one attached hydrogen (secondary N) is 1. The number of primary amides is 1. The van der Waals surface area contributed by atoms with Gasteiger partial charge in [0.15, 0.2) is 5.78 Å². The molecule has 2 amide bonds. The summed E-state index contributed by atoms with van der Waals surface area (Å²) in [4.78, 5) is 26.7. The van der Waals surface area contributed by atoms with E-state index in [9.17, 15) is 9.59 Å². The zero-order valence-electron chi connectivity index (χ0n) is 10.7. The number of amides is 2. The molecular formula is C13H16N4O2. The maximum Gasteiger partial charge on any atom is 0.320 e. The van der Waals surface area contributed by atoms with Crippen molar-refractivity contribution in [3.05, 3.63) is 35.7 Å². The largest absolute Gasteiger partial charge is 0.367 e. The topological polar surface area (TPSA) is 78.7 Å². The van der Waals surface area contributed by atoms with Crippen LogP contribution >= 0.6 is 0 Å². The molecule has 3 N–H and O–H groups in total. The van der Waals surface area contributed by atoms with Crippen molar-refractivity contribution in [3.8, 4) is 0 Å². The van der Waals surface area contributed by atoms with Crippen LogP contribution in [-0.4, -0.2) is 47.4 Å². The number of nitrogens with zero attached hydrogens (tertiary/aromatic N) is 2. The molecule has 100 valence electrons. The Bertz CT molecular complexity index is 535. The highest BCUT2D eigenvalue weighted by Crippen LogP contribution is 2.34. The number of piperidine rings is 1. The molecule has 3 aliphatic heterocycles. The molecular weight excluding hydrogens is 244 g/mol. The number of carbonyl (C=O) groups is 2. The fourth-order valence-electron chi connectivity index (χ4n) is 3.04. The summed E-state index contributed by atoms with van der Waals surface area (Å²) in [5.74, 6) is 0.160. The number of ketones is 1. The maximum absolute atomic E-state index is 11.7. The molecule has 0 aromatic heterocycles. The molecule has 0 spiro atoms. The first-order chi connectivity index (χ1) is 9.08. The van der Waals surface area contributed by atoms with Crippen molar-refractivity contribution in [1.29, 1.82) is 0 Å². The van der Waals surface area contributed by atoms with Gasteiger partial charge < -0.3 is 11.1 Å². The highest BCUT2D eigenvalue weighted by molar-refractivity contribution is 5.85. The zero-order valence-corrected chi connectivity index (χ0v) is 10.7. The summed E-state index contributed by atoms with van der Waals surface area (Å²) < 4.78 is 0. The van der Waals surface area contributed by atoms with E-state index in [-0.39, 0.29) is 18.0 Å². The van der Waals surface area contributed by atoms with E-state index in [2.05, 4.69) is 5.32 Å². The normalized spacial score (nSPS) is 29.9. The van der Waals surface area contributed by atoms with Crippen LogP contribution in [-0.2, 0) is 4.79 Å². The minimum atomic E-state index is -0.523. The molecule has 3 rings (SSSR count). The highest BCUT2D eigenvalue weighted by atomic mass is 16.2. The molecule has 2 atom stereocenters. The molecule has 6 heteroatoms. The van der Waals surface area contributed by atoms with E-state index in [1.807, 2.05) is 24.1 Å². The molecule has 0 aromatic carbocycles. The lowest BCUT2D eigenvalue weighted by atomic mass is 9.85. The Balaban J connectivity index is 2.07. The van der Waals surface area contributed by atoms with Gasteiger partial charge in [-0.25, -0.2) is 4.79 Å². The summed E-state index contributed by atoms with van der Waals surface area (Å²) in [5.41, 5.74) is 7.40. The summed E-state index contributed by atoms with van der Waals surface area (Å²) >= 11 is 0. The number of hydrogen-bond acceptors (Lipinski definition) is 4. The van der Waals surface area contributed by atoms with Crippen LogP contribution in [0.15, 0.2) is 35.7 Å². The summed E-state index contributed by atoms with van der Waals surface area (Å²) in [5, 5.41) is 3.14. The van der Waals surface area contributed by atoms with Crippen molar-refractivity contribution >= 4 is 11.8 Å². The van der Waals surface area contributed by atoms with Crippen molar-refractivity contribution < 1.29 is 9.59 Å². The van der Waals surface area contributed by atoms with Crippen LogP contribution in [0.25, 0.3) is 0 Å². The molecule has 0 aliphatic carbocycles. The maximum atomic E-state index is 11.7. The Hall–Kier alpha value is -2.08. The smallest absolute Gasteiger partial charge is 0.320 e. The van der Waals surface area contributed by atoms with Crippen molar-refractivity contribution in [2.75, 3.05) is 13.6 Å². The molecule has 1 saturated heterocycles. The standard InChI is InChI=1S/C13H16N4O2/c1-16-7-9(18)5-8-6-17(13(14)19)12-10(11(8)16)3-2-4-15-12/h2-4,6,11-12,15H,5,7H2,1H3,(H2,14,19). The van der Waals surface area contributed by atoms with Crippen LogP contribution in [0, 0.1) is 0 Å². The van der Waals surface area contributed by atoms with Gasteiger partial charge in [0.1, 0.15) is 6.17 Å². The first-order valence-electron chi connectivity index (χ1n) is 6.21. The van der Waals surface area contributed by atoms with Crippen LogP contribution in [0.4, 0.5) is 4.79 Å². The second-order valence-electron chi connectivity index (χ2n) is 5.08. The van der Waals surface area contributed by atoms with E-state index in [1.165, 1.54) is 4.90 Å². The Kier molecular flexibility index (Phi) is 2.67. The molecule has 0 saturated carbocycles. The minimum absolute atomic E-state index is 0.0655. The number of nitrogens with two attached hydrogens (primary N) is 1. The molecule has 2 unspecified atom stereocenters. The average Bonchev–Trinajstić information content (AvgIpc) is 2.36. The Morgan fingerprint density at radius 2 is 2.32 bits per heavy atom. The highest BCUT2D eigenvalue weighted by Gasteiger charge is 2.41. The number of Topliss-reactive ketones (excluding diaryl/α,β-unsaturated/α-hetero) is 1. The van der Waals surface area contributed by atoms with Gasteiger partial charge in [0.2, 0.25) is 0 Å². The van der Waals surface area contributed by atoms with Gasteiger partial charge in [-0.05, 0) is 30.5 Å². The molecule has 3 heterocycles. The summed E-state index contributed by atoms with van der Waals surface area (Å²) in [7, 11) is 1.92. The van der Waals surface area contributed by atoms with Gasteiger partial charge in [0.25, 0.3) is 0 Å². The monoisotopic (exact) mass is 260 g/mol. The number of urea groups is 1. The van der Waals surface area contributed by atoms with E-state index >= 15 is 0 Å². The lowest BCUT2D eigenvalue weighted by molar-refractivity contribution is -0.121. The van der Waals surface area contributed by atoms with E-state index in [0.29, 0.717) is 13.0 Å². The number of carbonyl (C=O) groups excluding carboxylic acids is 2. The van der Waals surface area contributed by atoms with E-state index in [4.69, 9.17) is 5.73 Å². The fraction of sp³-hybridized carbons (Fsp3) is 0.385. The predicted octanol–water partition coefficient (Wildman–Crippen LogP) is -0.0928. The molecule has 1 fully saturated rings. The Morgan fingerprint density at radius 3 is 3.05 bits per heavy atom. The van der Waals surface area contributed by atoms with Gasteiger partial charge in [-0.2, -0.15) is 0 Å². The van der Waals surface area contributed by atoms with Gasteiger partial charge >= 0.3 is 6.03 Å². The number of likely N-dealkylation sites (tertiary alicyclic amines) is 1. The van der Waals surface area contributed by atoms with Crippen LogP contribution in [0.2, 0.25) is 0 Å². The van der Waals surface area contributed by atoms with Crippen LogP contribution in [0.3, 0.4) is 0 Å². The number of dihydropyridines is 1. The van der Waals surface area contributed by atoms with Gasteiger partial charge in [-0.1, -0.05) is 6.08 Å². The second-order valence-corrected chi connectivity index (χ2v) is 5.08. The number of hydrogen-bond donors (Lipinski definition) is 2. The Labute approximate surface area is 111 Å².